The van der Waals surface area contributed by atoms with E-state index in [2.05, 4.69) is 20.4 Å². The maximum Gasteiger partial charge on any atom is 0.234 e. The van der Waals surface area contributed by atoms with Crippen molar-refractivity contribution in [3.05, 3.63) is 0 Å². The Hall–Kier alpha value is -0.650. The summed E-state index contributed by atoms with van der Waals surface area (Å²) in [6.45, 7) is 6.81. The highest BCUT2D eigenvalue weighted by molar-refractivity contribution is 5.78. The summed E-state index contributed by atoms with van der Waals surface area (Å²) in [5.74, 6) is 0.208. The van der Waals surface area contributed by atoms with Crippen LogP contribution in [0.25, 0.3) is 0 Å². The fourth-order valence-corrected chi connectivity index (χ4v) is 3.02. The molecule has 1 atom stereocenters. The molecular formula is C13H24N4O. The number of nitrogens with one attached hydrogen (secondary N) is 2. The van der Waals surface area contributed by atoms with Gasteiger partial charge in [-0.3, -0.25) is 14.6 Å². The molecule has 0 aromatic carbocycles. The minimum atomic E-state index is 0.208. The van der Waals surface area contributed by atoms with E-state index in [1.807, 2.05) is 0 Å². The van der Waals surface area contributed by atoms with Gasteiger partial charge < -0.3 is 10.6 Å². The molecule has 2 heterocycles. The van der Waals surface area contributed by atoms with E-state index in [1.165, 1.54) is 19.4 Å². The van der Waals surface area contributed by atoms with Crippen LogP contribution in [0.2, 0.25) is 0 Å². The number of piperazine rings is 1. The van der Waals surface area contributed by atoms with E-state index in [-0.39, 0.29) is 5.91 Å². The lowest BCUT2D eigenvalue weighted by Crippen LogP contribution is -2.49. The molecular weight excluding hydrogens is 228 g/mol. The second-order valence-electron chi connectivity index (χ2n) is 5.81. The van der Waals surface area contributed by atoms with Gasteiger partial charge >= 0.3 is 0 Å². The van der Waals surface area contributed by atoms with E-state index >= 15 is 0 Å². The van der Waals surface area contributed by atoms with Crippen molar-refractivity contribution >= 4 is 5.91 Å². The maximum absolute atomic E-state index is 12.0. The van der Waals surface area contributed by atoms with Gasteiger partial charge in [0.15, 0.2) is 0 Å². The molecule has 3 fully saturated rings. The number of hydrogen-bond donors (Lipinski definition) is 2. The van der Waals surface area contributed by atoms with Crippen LogP contribution in [0.5, 0.6) is 0 Å². The molecule has 0 aromatic rings. The third-order valence-electron chi connectivity index (χ3n) is 4.22. The van der Waals surface area contributed by atoms with E-state index < -0.39 is 0 Å². The van der Waals surface area contributed by atoms with Crippen molar-refractivity contribution in [3.8, 4) is 0 Å². The molecule has 0 bridgehead atoms. The number of nitrogens with zero attached hydrogens (tertiary/aromatic N) is 2. The van der Waals surface area contributed by atoms with Crippen LogP contribution >= 0.6 is 0 Å². The Balaban J connectivity index is 1.38. The van der Waals surface area contributed by atoms with Crippen LogP contribution in [0.4, 0.5) is 0 Å². The summed E-state index contributed by atoms with van der Waals surface area (Å²) in [4.78, 5) is 16.7. The molecule has 102 valence electrons. The summed E-state index contributed by atoms with van der Waals surface area (Å²) in [5, 5.41) is 6.50. The molecule has 2 N–H and O–H groups in total. The number of amides is 1. The van der Waals surface area contributed by atoms with Crippen molar-refractivity contribution < 1.29 is 4.79 Å². The number of carbonyl (C=O) groups is 1. The smallest absolute Gasteiger partial charge is 0.234 e. The Morgan fingerprint density at radius 3 is 2.67 bits per heavy atom. The lowest BCUT2D eigenvalue weighted by Gasteiger charge is -2.27. The summed E-state index contributed by atoms with van der Waals surface area (Å²) in [7, 11) is 0. The van der Waals surface area contributed by atoms with Gasteiger partial charge in [-0.05, 0) is 19.3 Å². The van der Waals surface area contributed by atoms with Crippen molar-refractivity contribution in [2.45, 2.75) is 31.3 Å². The molecule has 3 rings (SSSR count). The van der Waals surface area contributed by atoms with Gasteiger partial charge in [0.2, 0.25) is 5.91 Å². The highest BCUT2D eigenvalue weighted by Crippen LogP contribution is 2.29. The molecule has 2 saturated heterocycles. The summed E-state index contributed by atoms with van der Waals surface area (Å²) < 4.78 is 0. The first-order chi connectivity index (χ1) is 8.81. The average Bonchev–Trinajstić information content (AvgIpc) is 3.12. The zero-order chi connectivity index (χ0) is 12.4. The zero-order valence-electron chi connectivity index (χ0n) is 11.0. The Morgan fingerprint density at radius 1 is 1.17 bits per heavy atom. The van der Waals surface area contributed by atoms with Crippen molar-refractivity contribution in [3.63, 3.8) is 0 Å². The predicted octanol–water partition coefficient (Wildman–Crippen LogP) is -0.755. The van der Waals surface area contributed by atoms with Gasteiger partial charge in [-0.1, -0.05) is 0 Å². The average molecular weight is 252 g/mol. The lowest BCUT2D eigenvalue weighted by molar-refractivity contribution is -0.123. The Morgan fingerprint density at radius 2 is 1.94 bits per heavy atom. The summed E-state index contributed by atoms with van der Waals surface area (Å²) in [5.41, 5.74) is 0. The summed E-state index contributed by atoms with van der Waals surface area (Å²) in [6.07, 6.45) is 3.85. The van der Waals surface area contributed by atoms with Gasteiger partial charge in [0.1, 0.15) is 0 Å². The molecule has 1 saturated carbocycles. The van der Waals surface area contributed by atoms with Gasteiger partial charge in [0.05, 0.1) is 6.54 Å². The molecule has 5 nitrogen and oxygen atoms in total. The molecule has 0 spiro atoms. The molecule has 0 aromatic heterocycles. The molecule has 2 aliphatic heterocycles. The molecule has 1 unspecified atom stereocenters. The number of likely N-dealkylation sites (tertiary alicyclic amines) is 1. The largest absolute Gasteiger partial charge is 0.351 e. The first-order valence-corrected chi connectivity index (χ1v) is 7.28. The van der Waals surface area contributed by atoms with Crippen LogP contribution in [0.3, 0.4) is 0 Å². The molecule has 3 aliphatic rings. The van der Waals surface area contributed by atoms with E-state index in [9.17, 15) is 4.79 Å². The highest BCUT2D eigenvalue weighted by atomic mass is 16.2. The minimum absolute atomic E-state index is 0.208. The van der Waals surface area contributed by atoms with Gasteiger partial charge in [-0.15, -0.1) is 0 Å². The standard InChI is InChI=1S/C13H24N4O/c18-13(10-16-7-4-14-5-8-16)15-11-3-6-17(9-11)12-1-2-12/h11-12,14H,1-10H2,(H,15,18). The zero-order valence-corrected chi connectivity index (χ0v) is 11.0. The van der Waals surface area contributed by atoms with E-state index in [4.69, 9.17) is 0 Å². The van der Waals surface area contributed by atoms with E-state index in [1.54, 1.807) is 0 Å². The SMILES string of the molecule is O=C(CN1CCNCC1)NC1CCN(C2CC2)C1. The molecule has 18 heavy (non-hydrogen) atoms. The van der Waals surface area contributed by atoms with E-state index in [0.29, 0.717) is 12.6 Å². The highest BCUT2D eigenvalue weighted by Gasteiger charge is 2.34. The van der Waals surface area contributed by atoms with Crippen LogP contribution in [0.1, 0.15) is 19.3 Å². The number of rotatable bonds is 4. The van der Waals surface area contributed by atoms with Crippen molar-refractivity contribution in [1.82, 2.24) is 20.4 Å². The Kier molecular flexibility index (Phi) is 3.82. The van der Waals surface area contributed by atoms with E-state index in [0.717, 1.165) is 45.2 Å². The quantitative estimate of drug-likeness (QED) is 0.691. The van der Waals surface area contributed by atoms with Crippen molar-refractivity contribution in [2.24, 2.45) is 0 Å². The first kappa shape index (κ1) is 12.4. The van der Waals surface area contributed by atoms with Crippen LogP contribution < -0.4 is 10.6 Å². The van der Waals surface area contributed by atoms with Crippen LogP contribution in [-0.2, 0) is 4.79 Å². The number of hydrogen-bond acceptors (Lipinski definition) is 4. The first-order valence-electron chi connectivity index (χ1n) is 7.28. The van der Waals surface area contributed by atoms with Gasteiger partial charge in [0, 0.05) is 51.4 Å². The second kappa shape index (κ2) is 5.55. The third-order valence-corrected chi connectivity index (χ3v) is 4.22. The fraction of sp³-hybridized carbons (Fsp3) is 0.923. The molecule has 1 aliphatic carbocycles. The fourth-order valence-electron chi connectivity index (χ4n) is 3.02. The topological polar surface area (TPSA) is 47.6 Å². The van der Waals surface area contributed by atoms with Crippen LogP contribution in [0, 0.1) is 0 Å². The van der Waals surface area contributed by atoms with Crippen molar-refractivity contribution in [1.29, 1.82) is 0 Å². The van der Waals surface area contributed by atoms with Crippen LogP contribution in [-0.4, -0.2) is 73.6 Å². The maximum atomic E-state index is 12.0. The monoisotopic (exact) mass is 252 g/mol. The predicted molar refractivity (Wildman–Crippen MR) is 70.5 cm³/mol. The number of carbonyl (C=O) groups excluding carboxylic acids is 1. The normalized spacial score (nSPS) is 30.6. The molecule has 1 amide bonds. The Labute approximate surface area is 109 Å². The van der Waals surface area contributed by atoms with Crippen molar-refractivity contribution in [2.75, 3.05) is 45.8 Å². The third kappa shape index (κ3) is 3.22. The summed E-state index contributed by atoms with van der Waals surface area (Å²) >= 11 is 0. The van der Waals surface area contributed by atoms with Gasteiger partial charge in [-0.2, -0.15) is 0 Å². The Bertz CT molecular complexity index is 299. The summed E-state index contributed by atoms with van der Waals surface area (Å²) in [6, 6.07) is 1.22. The van der Waals surface area contributed by atoms with Gasteiger partial charge in [-0.25, -0.2) is 0 Å². The van der Waals surface area contributed by atoms with Gasteiger partial charge in [0.25, 0.3) is 0 Å². The van der Waals surface area contributed by atoms with Crippen LogP contribution in [0.15, 0.2) is 0 Å². The lowest BCUT2D eigenvalue weighted by atomic mass is 10.2. The minimum Gasteiger partial charge on any atom is -0.351 e. The molecule has 0 radical (unpaired) electrons. The molecule has 5 heteroatoms. The second-order valence-corrected chi connectivity index (χ2v) is 5.81.